The number of carbonyl (C=O) groups is 1. The summed E-state index contributed by atoms with van der Waals surface area (Å²) in [6.07, 6.45) is 1.50. The molecule has 0 aliphatic heterocycles. The quantitative estimate of drug-likeness (QED) is 0.597. The van der Waals surface area contributed by atoms with Crippen molar-refractivity contribution < 1.29 is 4.79 Å². The van der Waals surface area contributed by atoms with E-state index in [2.05, 4.69) is 5.32 Å². The number of rotatable bonds is 3. The molecule has 0 aliphatic rings. The van der Waals surface area contributed by atoms with E-state index < -0.39 is 0 Å². The maximum Gasteiger partial charge on any atom is 0.261 e. The van der Waals surface area contributed by atoms with Crippen LogP contribution < -0.4 is 5.32 Å². The van der Waals surface area contributed by atoms with E-state index in [0.29, 0.717) is 6.54 Å². The van der Waals surface area contributed by atoms with Crippen LogP contribution in [0, 0.1) is 11.3 Å². The Kier molecular flexibility index (Phi) is 4.11. The molecule has 15 heavy (non-hydrogen) atoms. The van der Waals surface area contributed by atoms with Crippen molar-refractivity contribution in [2.24, 2.45) is 0 Å². The maximum absolute atomic E-state index is 11.4. The SMILES string of the molecule is C/C=C(/C#N)C(=O)NCc1ccccc1. The molecule has 3 heteroatoms. The highest BCUT2D eigenvalue weighted by atomic mass is 16.1. The molecule has 0 spiro atoms. The zero-order valence-corrected chi connectivity index (χ0v) is 8.53. The lowest BCUT2D eigenvalue weighted by atomic mass is 10.2. The van der Waals surface area contributed by atoms with Gasteiger partial charge in [-0.2, -0.15) is 5.26 Å². The Morgan fingerprint density at radius 2 is 2.13 bits per heavy atom. The maximum atomic E-state index is 11.4. The zero-order valence-electron chi connectivity index (χ0n) is 8.53. The van der Waals surface area contributed by atoms with E-state index in [1.54, 1.807) is 6.92 Å². The third kappa shape index (κ3) is 3.28. The number of benzene rings is 1. The summed E-state index contributed by atoms with van der Waals surface area (Å²) in [5.41, 5.74) is 1.16. The molecule has 3 nitrogen and oxygen atoms in total. The Morgan fingerprint density at radius 3 is 2.67 bits per heavy atom. The second-order valence-corrected chi connectivity index (χ2v) is 2.98. The predicted octanol–water partition coefficient (Wildman–Crippen LogP) is 1.77. The number of hydrogen-bond acceptors (Lipinski definition) is 2. The van der Waals surface area contributed by atoms with Crippen molar-refractivity contribution >= 4 is 5.91 Å². The summed E-state index contributed by atoms with van der Waals surface area (Å²) in [7, 11) is 0. The van der Waals surface area contributed by atoms with Gasteiger partial charge in [0.25, 0.3) is 5.91 Å². The van der Waals surface area contributed by atoms with Crippen LogP contribution in [0.4, 0.5) is 0 Å². The topological polar surface area (TPSA) is 52.9 Å². The molecule has 76 valence electrons. The van der Waals surface area contributed by atoms with Gasteiger partial charge in [0.2, 0.25) is 0 Å². The fourth-order valence-electron chi connectivity index (χ4n) is 1.12. The monoisotopic (exact) mass is 200 g/mol. The molecule has 0 radical (unpaired) electrons. The van der Waals surface area contributed by atoms with E-state index in [9.17, 15) is 4.79 Å². The second kappa shape index (κ2) is 5.61. The van der Waals surface area contributed by atoms with Crippen molar-refractivity contribution in [3.8, 4) is 6.07 Å². The summed E-state index contributed by atoms with van der Waals surface area (Å²) in [5.74, 6) is -0.330. The number of nitriles is 1. The van der Waals surface area contributed by atoms with Crippen LogP contribution >= 0.6 is 0 Å². The van der Waals surface area contributed by atoms with Crippen molar-refractivity contribution in [3.05, 3.63) is 47.5 Å². The summed E-state index contributed by atoms with van der Waals surface area (Å²) in [6, 6.07) is 11.4. The van der Waals surface area contributed by atoms with Gasteiger partial charge in [0.05, 0.1) is 0 Å². The minimum atomic E-state index is -0.330. The molecule has 1 aromatic carbocycles. The number of amides is 1. The first kappa shape index (κ1) is 11.0. The first-order valence-corrected chi connectivity index (χ1v) is 4.66. The van der Waals surface area contributed by atoms with Crippen molar-refractivity contribution in [1.29, 1.82) is 5.26 Å². The molecule has 1 rings (SSSR count). The van der Waals surface area contributed by atoms with Gasteiger partial charge >= 0.3 is 0 Å². The summed E-state index contributed by atoms with van der Waals surface area (Å²) in [5, 5.41) is 11.3. The molecule has 1 aromatic rings. The standard InChI is InChI=1S/C12H12N2O/c1-2-11(8-13)12(15)14-9-10-6-4-3-5-7-10/h2-7H,9H2,1H3,(H,14,15)/b11-2-. The molecule has 0 aliphatic carbocycles. The molecule has 0 bridgehead atoms. The molecular formula is C12H12N2O. The number of allylic oxidation sites excluding steroid dienone is 1. The second-order valence-electron chi connectivity index (χ2n) is 2.98. The Morgan fingerprint density at radius 1 is 1.47 bits per heavy atom. The Hall–Kier alpha value is -2.08. The van der Waals surface area contributed by atoms with Crippen LogP contribution in [0.5, 0.6) is 0 Å². The van der Waals surface area contributed by atoms with Crippen LogP contribution in [0.3, 0.4) is 0 Å². The molecule has 0 aromatic heterocycles. The van der Waals surface area contributed by atoms with Gasteiger partial charge in [-0.05, 0) is 12.5 Å². The van der Waals surface area contributed by atoms with Crippen LogP contribution in [0.15, 0.2) is 42.0 Å². The minimum absolute atomic E-state index is 0.144. The Balaban J connectivity index is 2.53. The van der Waals surface area contributed by atoms with Crippen molar-refractivity contribution in [3.63, 3.8) is 0 Å². The number of hydrogen-bond donors (Lipinski definition) is 1. The highest BCUT2D eigenvalue weighted by Gasteiger charge is 2.05. The third-order valence-electron chi connectivity index (χ3n) is 1.95. The van der Waals surface area contributed by atoms with Crippen molar-refractivity contribution in [1.82, 2.24) is 5.32 Å². The van der Waals surface area contributed by atoms with E-state index >= 15 is 0 Å². The third-order valence-corrected chi connectivity index (χ3v) is 1.95. The zero-order chi connectivity index (χ0) is 11.1. The fourth-order valence-corrected chi connectivity index (χ4v) is 1.12. The van der Waals surface area contributed by atoms with Gasteiger partial charge in [-0.15, -0.1) is 0 Å². The number of carbonyl (C=O) groups excluding carboxylic acids is 1. The van der Waals surface area contributed by atoms with Crippen molar-refractivity contribution in [2.75, 3.05) is 0 Å². The van der Waals surface area contributed by atoms with Crippen LogP contribution in [0.25, 0.3) is 0 Å². The van der Waals surface area contributed by atoms with Crippen LogP contribution in [-0.4, -0.2) is 5.91 Å². The predicted molar refractivity (Wildman–Crippen MR) is 57.7 cm³/mol. The molecule has 0 saturated carbocycles. The molecule has 0 saturated heterocycles. The smallest absolute Gasteiger partial charge is 0.261 e. The van der Waals surface area contributed by atoms with Gasteiger partial charge in [0, 0.05) is 6.54 Å². The lowest BCUT2D eigenvalue weighted by molar-refractivity contribution is -0.117. The van der Waals surface area contributed by atoms with Crippen LogP contribution in [0.1, 0.15) is 12.5 Å². The van der Waals surface area contributed by atoms with Gasteiger partial charge in [0.1, 0.15) is 11.6 Å². The number of nitrogens with one attached hydrogen (secondary N) is 1. The lowest BCUT2D eigenvalue weighted by Crippen LogP contribution is -2.23. The molecular weight excluding hydrogens is 188 g/mol. The molecule has 0 fully saturated rings. The van der Waals surface area contributed by atoms with E-state index in [1.165, 1.54) is 6.08 Å². The Labute approximate surface area is 89.0 Å². The highest BCUT2D eigenvalue weighted by molar-refractivity contribution is 5.97. The number of nitrogens with zero attached hydrogens (tertiary/aromatic N) is 1. The average molecular weight is 200 g/mol. The summed E-state index contributed by atoms with van der Waals surface area (Å²) < 4.78 is 0. The van der Waals surface area contributed by atoms with Gasteiger partial charge < -0.3 is 5.32 Å². The van der Waals surface area contributed by atoms with E-state index in [0.717, 1.165) is 5.56 Å². The summed E-state index contributed by atoms with van der Waals surface area (Å²) in [4.78, 5) is 11.4. The van der Waals surface area contributed by atoms with Gasteiger partial charge in [-0.3, -0.25) is 4.79 Å². The first-order chi connectivity index (χ1) is 7.27. The largest absolute Gasteiger partial charge is 0.347 e. The minimum Gasteiger partial charge on any atom is -0.347 e. The van der Waals surface area contributed by atoms with Crippen molar-refractivity contribution in [2.45, 2.75) is 13.5 Å². The van der Waals surface area contributed by atoms with Crippen LogP contribution in [0.2, 0.25) is 0 Å². The highest BCUT2D eigenvalue weighted by Crippen LogP contribution is 1.98. The lowest BCUT2D eigenvalue weighted by Gasteiger charge is -2.03. The first-order valence-electron chi connectivity index (χ1n) is 4.66. The normalized spacial score (nSPS) is 10.5. The summed E-state index contributed by atoms with van der Waals surface area (Å²) >= 11 is 0. The molecule has 1 N–H and O–H groups in total. The fraction of sp³-hybridized carbons (Fsp3) is 0.167. The molecule has 0 heterocycles. The van der Waals surface area contributed by atoms with Gasteiger partial charge in [-0.1, -0.05) is 36.4 Å². The van der Waals surface area contributed by atoms with E-state index in [1.807, 2.05) is 36.4 Å². The summed E-state index contributed by atoms with van der Waals surface area (Å²) in [6.45, 7) is 2.11. The Bertz CT molecular complexity index is 401. The van der Waals surface area contributed by atoms with Crippen LogP contribution in [-0.2, 0) is 11.3 Å². The van der Waals surface area contributed by atoms with E-state index in [-0.39, 0.29) is 11.5 Å². The van der Waals surface area contributed by atoms with Gasteiger partial charge in [0.15, 0.2) is 0 Å². The average Bonchev–Trinajstić information content (AvgIpc) is 2.29. The molecule has 0 atom stereocenters. The molecule has 1 amide bonds. The van der Waals surface area contributed by atoms with Gasteiger partial charge in [-0.25, -0.2) is 0 Å². The van der Waals surface area contributed by atoms with E-state index in [4.69, 9.17) is 5.26 Å². The molecule has 0 unspecified atom stereocenters.